The highest BCUT2D eigenvalue weighted by atomic mass is 15.3. The minimum Gasteiger partial charge on any atom is -0.324 e. The maximum atomic E-state index is 2.52. The second-order valence-electron chi connectivity index (χ2n) is 17.2. The fraction of sp³-hybridized carbons (Fsp3) is 0.333. The van der Waals surface area contributed by atoms with Crippen LogP contribution < -0.4 is 0 Å². The van der Waals surface area contributed by atoms with Gasteiger partial charge >= 0.3 is 0 Å². The van der Waals surface area contributed by atoms with Crippen molar-refractivity contribution in [1.29, 1.82) is 0 Å². The van der Waals surface area contributed by atoms with Gasteiger partial charge in [-0.3, -0.25) is 0 Å². The van der Waals surface area contributed by atoms with E-state index < -0.39 is 6.15 Å². The molecule has 0 saturated heterocycles. The zero-order chi connectivity index (χ0) is 38.7. The average molecular weight is 736 g/mol. The molecule has 0 N–H and O–H groups in total. The van der Waals surface area contributed by atoms with Crippen molar-refractivity contribution in [1.82, 2.24) is 0 Å². The van der Waals surface area contributed by atoms with Crippen LogP contribution in [0.3, 0.4) is 0 Å². The van der Waals surface area contributed by atoms with Gasteiger partial charge in [-0.1, -0.05) is 204 Å². The van der Waals surface area contributed by atoms with Gasteiger partial charge in [0, 0.05) is 0 Å². The molecule has 0 fully saturated rings. The first-order chi connectivity index (χ1) is 27.5. The lowest BCUT2D eigenvalue weighted by molar-refractivity contribution is -0.929. The molecule has 2 heteroatoms. The van der Waals surface area contributed by atoms with E-state index in [2.05, 4.69) is 162 Å². The monoisotopic (exact) mass is 735 g/mol. The molecule has 0 aliphatic heterocycles. The lowest BCUT2D eigenvalue weighted by Crippen LogP contribution is -2.50. The number of unbranched alkanes of at least 4 members (excludes halogenated alkanes) is 4. The van der Waals surface area contributed by atoms with Crippen molar-refractivity contribution in [3.8, 4) is 0 Å². The molecule has 56 heavy (non-hydrogen) atoms. The molecule has 0 bridgehead atoms. The molecular formula is C54H62BN. The van der Waals surface area contributed by atoms with Gasteiger partial charge in [0.1, 0.15) is 0 Å². The highest BCUT2D eigenvalue weighted by Gasteiger charge is 2.41. The minimum absolute atomic E-state index is 1.03. The first-order valence-corrected chi connectivity index (χ1v) is 22.3. The Morgan fingerprint density at radius 2 is 0.661 bits per heavy atom. The second kappa shape index (κ2) is 16.4. The predicted molar refractivity (Wildman–Crippen MR) is 251 cm³/mol. The SMILES string of the molecule is CCCC[N+](CCCC)(CCCC)CCCC.CC[B-](C1=Cc2cccc3cccc1c23)(C1=Cc2cccc3cccc1c23)C1=Cc2cccc3cccc1c23. The van der Waals surface area contributed by atoms with E-state index in [-0.39, 0.29) is 0 Å². The van der Waals surface area contributed by atoms with Crippen LogP contribution in [0.25, 0.3) is 67.0 Å². The van der Waals surface area contributed by atoms with Crippen molar-refractivity contribution in [3.05, 3.63) is 143 Å². The molecule has 0 spiro atoms. The number of quaternary nitrogens is 1. The Hall–Kier alpha value is -4.66. The number of benzene rings is 6. The molecule has 0 radical (unpaired) electrons. The molecule has 0 aromatic heterocycles. The zero-order valence-corrected chi connectivity index (χ0v) is 34.8. The molecule has 0 atom stereocenters. The summed E-state index contributed by atoms with van der Waals surface area (Å²) in [6.07, 6.45) is 18.4. The molecule has 0 saturated carbocycles. The highest BCUT2D eigenvalue weighted by molar-refractivity contribution is 7.23. The Morgan fingerprint density at radius 1 is 0.375 bits per heavy atom. The van der Waals surface area contributed by atoms with Gasteiger partial charge < -0.3 is 4.48 Å². The number of hydrogen-bond acceptors (Lipinski definition) is 0. The largest absolute Gasteiger partial charge is 0.324 e. The smallest absolute Gasteiger partial charge is 0.0836 e. The summed E-state index contributed by atoms with van der Waals surface area (Å²) in [4.78, 5) is 0. The molecule has 6 aromatic rings. The summed E-state index contributed by atoms with van der Waals surface area (Å²) < 4.78 is 1.42. The van der Waals surface area contributed by atoms with Crippen molar-refractivity contribution < 1.29 is 4.48 Å². The van der Waals surface area contributed by atoms with E-state index in [1.165, 1.54) is 164 Å². The standard InChI is InChI=1S/C38H26B.C16H36N/c1-2-39(33-21-27-15-3-9-24-12-6-18-30(33)36(24)27,34-22-28-16-4-10-25-13-7-19-31(34)37(25)28)35-23-29-17-5-11-26-14-8-20-32(35)38(26)29;1-5-9-13-17(14-10-6-2,15-11-7-3)16-12-8-4/h3-23H,2H2,1H3;5-16H2,1-4H3/q-1;+1. The van der Waals surface area contributed by atoms with Crippen molar-refractivity contribution in [3.63, 3.8) is 0 Å². The molecule has 0 unspecified atom stereocenters. The fourth-order valence-electron chi connectivity index (χ4n) is 11.0. The highest BCUT2D eigenvalue weighted by Crippen LogP contribution is 2.57. The van der Waals surface area contributed by atoms with E-state index in [1.54, 1.807) is 0 Å². The third-order valence-electron chi connectivity index (χ3n) is 13.8. The second-order valence-corrected chi connectivity index (χ2v) is 17.2. The van der Waals surface area contributed by atoms with Crippen molar-refractivity contribution in [2.24, 2.45) is 0 Å². The normalized spacial score (nSPS) is 14.0. The van der Waals surface area contributed by atoms with E-state index >= 15 is 0 Å². The Balaban J connectivity index is 0.000000222. The Kier molecular flexibility index (Phi) is 11.2. The summed E-state index contributed by atoms with van der Waals surface area (Å²) >= 11 is 0. The Morgan fingerprint density at radius 3 is 0.929 bits per heavy atom. The lowest BCUT2D eigenvalue weighted by Gasteiger charge is -2.46. The van der Waals surface area contributed by atoms with E-state index in [0.717, 1.165) is 6.32 Å². The predicted octanol–water partition coefficient (Wildman–Crippen LogP) is 15.2. The maximum Gasteiger partial charge on any atom is 0.0836 e. The van der Waals surface area contributed by atoms with Crippen LogP contribution in [-0.4, -0.2) is 36.8 Å². The number of hydrogen-bond donors (Lipinski definition) is 0. The molecule has 286 valence electrons. The Labute approximate surface area is 337 Å². The fourth-order valence-corrected chi connectivity index (χ4v) is 11.0. The van der Waals surface area contributed by atoms with Crippen LogP contribution in [0, 0.1) is 0 Å². The van der Waals surface area contributed by atoms with Gasteiger partial charge in [0.15, 0.2) is 0 Å². The lowest BCUT2D eigenvalue weighted by atomic mass is 9.12. The van der Waals surface area contributed by atoms with Gasteiger partial charge in [-0.2, -0.15) is 22.7 Å². The molecule has 1 nitrogen and oxygen atoms in total. The van der Waals surface area contributed by atoms with Crippen molar-refractivity contribution >= 4 is 73.1 Å². The van der Waals surface area contributed by atoms with Gasteiger partial charge in [-0.15, -0.1) is 0 Å². The maximum absolute atomic E-state index is 2.52. The van der Waals surface area contributed by atoms with Gasteiger partial charge in [0.05, 0.1) is 32.3 Å². The minimum atomic E-state index is -1.30. The van der Waals surface area contributed by atoms with Crippen LogP contribution in [0.4, 0.5) is 0 Å². The summed E-state index contributed by atoms with van der Waals surface area (Å²) in [5.74, 6) is 0. The van der Waals surface area contributed by atoms with Crippen LogP contribution >= 0.6 is 0 Å². The van der Waals surface area contributed by atoms with E-state index in [0.29, 0.717) is 0 Å². The molecule has 0 heterocycles. The molecule has 0 amide bonds. The molecule has 9 rings (SSSR count). The van der Waals surface area contributed by atoms with Crippen molar-refractivity contribution in [2.75, 3.05) is 26.2 Å². The van der Waals surface area contributed by atoms with Gasteiger partial charge in [-0.25, -0.2) is 0 Å². The zero-order valence-electron chi connectivity index (χ0n) is 34.8. The molecule has 3 aliphatic carbocycles. The van der Waals surface area contributed by atoms with Gasteiger partial charge in [-0.05, 0) is 74.7 Å². The van der Waals surface area contributed by atoms with E-state index in [4.69, 9.17) is 0 Å². The third-order valence-corrected chi connectivity index (χ3v) is 13.8. The molecule has 6 aromatic carbocycles. The van der Waals surface area contributed by atoms with Crippen LogP contribution in [0.5, 0.6) is 0 Å². The summed E-state index contributed by atoms with van der Waals surface area (Å²) in [6.45, 7) is 17.4. The molecular weight excluding hydrogens is 673 g/mol. The topological polar surface area (TPSA) is 0 Å². The van der Waals surface area contributed by atoms with Crippen LogP contribution in [0.2, 0.25) is 6.32 Å². The Bertz CT molecular complexity index is 2180. The summed E-state index contributed by atoms with van der Waals surface area (Å²) in [5.41, 5.74) is 12.7. The average Bonchev–Trinajstić information content (AvgIpc) is 3.94. The van der Waals surface area contributed by atoms with Gasteiger partial charge in [0.25, 0.3) is 0 Å². The van der Waals surface area contributed by atoms with Crippen LogP contribution in [0.15, 0.2) is 109 Å². The van der Waals surface area contributed by atoms with E-state index in [1.807, 2.05) is 0 Å². The summed E-state index contributed by atoms with van der Waals surface area (Å²) in [6, 6.07) is 40.9. The summed E-state index contributed by atoms with van der Waals surface area (Å²) in [7, 11) is 0. The van der Waals surface area contributed by atoms with Crippen LogP contribution in [-0.2, 0) is 0 Å². The van der Waals surface area contributed by atoms with Crippen molar-refractivity contribution in [2.45, 2.75) is 92.3 Å². The quantitative estimate of drug-likeness (QED) is 0.0686. The summed E-state index contributed by atoms with van der Waals surface area (Å²) in [5, 5.41) is 8.19. The number of rotatable bonds is 16. The van der Waals surface area contributed by atoms with Crippen LogP contribution in [0.1, 0.15) is 119 Å². The first-order valence-electron chi connectivity index (χ1n) is 22.3. The molecule has 3 aliphatic rings. The van der Waals surface area contributed by atoms with Gasteiger partial charge in [0.2, 0.25) is 0 Å². The third kappa shape index (κ3) is 6.58. The first kappa shape index (κ1) is 38.2. The van der Waals surface area contributed by atoms with E-state index in [9.17, 15) is 0 Å². The number of nitrogens with zero attached hydrogens (tertiary/aromatic N) is 1.